The number of nitrogens with one attached hydrogen (secondary N) is 2. The Bertz CT molecular complexity index is 1250. The smallest absolute Gasteiger partial charge is 0.246 e. The van der Waals surface area contributed by atoms with Gasteiger partial charge in [0.15, 0.2) is 0 Å². The first kappa shape index (κ1) is 43.6. The van der Waals surface area contributed by atoms with Crippen molar-refractivity contribution in [1.82, 2.24) is 20.5 Å². The van der Waals surface area contributed by atoms with Gasteiger partial charge in [-0.1, -0.05) is 45.0 Å². The number of aliphatic hydroxyl groups is 1. The number of carbonyl (C=O) groups excluding carboxylic acids is 3. The molecule has 3 rings (SSSR count). The van der Waals surface area contributed by atoms with Gasteiger partial charge in [0.05, 0.1) is 68.4 Å². The molecule has 0 bridgehead atoms. The number of β-amino-alcohol motifs (C(OH)–C–C–N with tert-alkyl or cyclic N) is 1. The van der Waals surface area contributed by atoms with Crippen molar-refractivity contribution in [3.05, 3.63) is 41.0 Å². The van der Waals surface area contributed by atoms with E-state index in [-0.39, 0.29) is 70.1 Å². The third-order valence-electron chi connectivity index (χ3n) is 7.32. The minimum absolute atomic E-state index is 0. The number of aliphatic hydroxyl groups excluding tert-OH is 1. The van der Waals surface area contributed by atoms with E-state index in [0.717, 1.165) is 21.7 Å². The van der Waals surface area contributed by atoms with E-state index in [9.17, 15) is 19.5 Å². The van der Waals surface area contributed by atoms with E-state index in [2.05, 4.69) is 15.6 Å². The van der Waals surface area contributed by atoms with E-state index >= 15 is 0 Å². The van der Waals surface area contributed by atoms with Crippen molar-refractivity contribution in [2.75, 3.05) is 65.9 Å². The Morgan fingerprint density at radius 3 is 2.12 bits per heavy atom. The first-order chi connectivity index (χ1) is 22.0. The second kappa shape index (κ2) is 22.3. The van der Waals surface area contributed by atoms with Gasteiger partial charge in [0.1, 0.15) is 18.7 Å². The Labute approximate surface area is 299 Å². The first-order valence-corrected chi connectivity index (χ1v) is 16.4. The number of nitrogens with zero attached hydrogens (tertiary/aromatic N) is 2. The number of nitrogens with two attached hydrogens (primary N) is 1. The summed E-state index contributed by atoms with van der Waals surface area (Å²) in [6, 6.07) is 6.07. The molecular weight excluding hydrogens is 685 g/mol. The highest BCUT2D eigenvalue weighted by molar-refractivity contribution is 7.13. The zero-order chi connectivity index (χ0) is 33.5. The Morgan fingerprint density at radius 2 is 1.58 bits per heavy atom. The zero-order valence-corrected chi connectivity index (χ0v) is 30.6. The summed E-state index contributed by atoms with van der Waals surface area (Å²) in [5.41, 5.74) is 9.42. The molecule has 0 spiro atoms. The van der Waals surface area contributed by atoms with E-state index in [0.29, 0.717) is 39.6 Å². The molecule has 1 saturated heterocycles. The van der Waals surface area contributed by atoms with Crippen LogP contribution in [0.4, 0.5) is 0 Å². The van der Waals surface area contributed by atoms with E-state index in [1.807, 2.05) is 57.5 Å². The summed E-state index contributed by atoms with van der Waals surface area (Å²) < 4.78 is 21.5. The fourth-order valence-corrected chi connectivity index (χ4v) is 5.70. The van der Waals surface area contributed by atoms with Crippen molar-refractivity contribution >= 4 is 53.9 Å². The number of likely N-dealkylation sites (tertiary alicyclic amines) is 1. The summed E-state index contributed by atoms with van der Waals surface area (Å²) in [6.07, 6.45) is -0.737. The van der Waals surface area contributed by atoms with Crippen molar-refractivity contribution < 1.29 is 38.4 Å². The lowest BCUT2D eigenvalue weighted by Gasteiger charge is -2.35. The molecular formula is C32H51Cl2N5O8S. The number of halogens is 2. The van der Waals surface area contributed by atoms with Gasteiger partial charge in [0.25, 0.3) is 0 Å². The van der Waals surface area contributed by atoms with E-state index in [1.54, 1.807) is 11.3 Å². The number of amides is 3. The summed E-state index contributed by atoms with van der Waals surface area (Å²) in [5.74, 6) is -1.26. The number of thiazole rings is 1. The average molecular weight is 737 g/mol. The van der Waals surface area contributed by atoms with Gasteiger partial charge in [-0.25, -0.2) is 4.98 Å². The molecule has 1 aliphatic heterocycles. The van der Waals surface area contributed by atoms with Crippen molar-refractivity contribution in [2.45, 2.75) is 58.8 Å². The number of rotatable bonds is 19. The third kappa shape index (κ3) is 14.2. The molecule has 16 heteroatoms. The minimum atomic E-state index is -0.936. The number of aromatic nitrogens is 1. The molecule has 13 nitrogen and oxygen atoms in total. The third-order valence-corrected chi connectivity index (χ3v) is 8.30. The van der Waals surface area contributed by atoms with Crippen molar-refractivity contribution in [2.24, 2.45) is 11.1 Å². The number of aryl methyl sites for hydroxylation is 1. The number of hydrogen-bond donors (Lipinski definition) is 4. The minimum Gasteiger partial charge on any atom is -0.391 e. The summed E-state index contributed by atoms with van der Waals surface area (Å²) in [6.45, 7) is 10.6. The topological polar surface area (TPSA) is 175 Å². The molecule has 2 heterocycles. The normalized spacial score (nSPS) is 16.5. The summed E-state index contributed by atoms with van der Waals surface area (Å²) in [7, 11) is 0. The highest BCUT2D eigenvalue weighted by Crippen LogP contribution is 2.28. The fourth-order valence-electron chi connectivity index (χ4n) is 4.89. The van der Waals surface area contributed by atoms with Crippen LogP contribution in [0.5, 0.6) is 0 Å². The van der Waals surface area contributed by atoms with Gasteiger partial charge >= 0.3 is 0 Å². The van der Waals surface area contributed by atoms with Crippen LogP contribution < -0.4 is 16.4 Å². The molecule has 1 aromatic carbocycles. The maximum absolute atomic E-state index is 13.7. The SMILES string of the molecule is Cc1ncsc1-c1ccc(CNC(=O)[C@@H]2C[C@@H](O)CN2C(=O)[C@@H](NC(=O)COCCOCCOCCOCCN)C(C)(C)C)cc1.Cl.Cl. The Kier molecular flexibility index (Phi) is 20.3. The molecule has 1 aromatic heterocycles. The number of benzene rings is 1. The lowest BCUT2D eigenvalue weighted by molar-refractivity contribution is -0.144. The molecule has 3 amide bonds. The molecule has 0 aliphatic carbocycles. The standard InChI is InChI=1S/C32H49N5O8S.2ClH/c1-22-28(46-21-35-22)24-7-5-23(6-8-24)18-34-30(40)26-17-25(38)19-37(26)31(41)29(32(2,3)4)36-27(39)20-45-16-15-44-14-13-43-12-11-42-10-9-33;;/h5-8,21,25-26,29,38H,9-20,33H2,1-4H3,(H,34,40)(H,36,39);2*1H/t25-,26+,29-;;/m1../s1. The molecule has 2 aromatic rings. The highest BCUT2D eigenvalue weighted by Gasteiger charge is 2.44. The van der Waals surface area contributed by atoms with Crippen molar-refractivity contribution in [1.29, 1.82) is 0 Å². The maximum atomic E-state index is 13.7. The predicted octanol–water partition coefficient (Wildman–Crippen LogP) is 2.10. The van der Waals surface area contributed by atoms with E-state index < -0.39 is 35.4 Å². The fraction of sp³-hybridized carbons (Fsp3) is 0.625. The molecule has 1 aliphatic rings. The molecule has 272 valence electrons. The Hall–Kier alpha value is -2.40. The summed E-state index contributed by atoms with van der Waals surface area (Å²) in [5, 5.41) is 16.1. The van der Waals surface area contributed by atoms with Crippen LogP contribution in [0.25, 0.3) is 10.4 Å². The van der Waals surface area contributed by atoms with Crippen LogP contribution in [0.2, 0.25) is 0 Å². The summed E-state index contributed by atoms with van der Waals surface area (Å²) >= 11 is 1.58. The highest BCUT2D eigenvalue weighted by atomic mass is 35.5. The van der Waals surface area contributed by atoms with Gasteiger partial charge in [-0.2, -0.15) is 0 Å². The van der Waals surface area contributed by atoms with Gasteiger partial charge < -0.3 is 45.3 Å². The summed E-state index contributed by atoms with van der Waals surface area (Å²) in [4.78, 5) is 46.5. The van der Waals surface area contributed by atoms with Crippen LogP contribution in [-0.4, -0.2) is 117 Å². The Morgan fingerprint density at radius 1 is 1.00 bits per heavy atom. The average Bonchev–Trinajstić information content (AvgIpc) is 3.63. The molecule has 0 unspecified atom stereocenters. The molecule has 5 N–H and O–H groups in total. The number of carbonyl (C=O) groups is 3. The molecule has 3 atom stereocenters. The lowest BCUT2D eigenvalue weighted by Crippen LogP contribution is -2.58. The quantitative estimate of drug-likeness (QED) is 0.157. The van der Waals surface area contributed by atoms with Crippen LogP contribution in [0.15, 0.2) is 29.8 Å². The van der Waals surface area contributed by atoms with Crippen molar-refractivity contribution in [3.8, 4) is 10.4 Å². The largest absolute Gasteiger partial charge is 0.391 e. The number of ether oxygens (including phenoxy) is 4. The second-order valence-electron chi connectivity index (χ2n) is 12.1. The van der Waals surface area contributed by atoms with E-state index in [4.69, 9.17) is 24.7 Å². The first-order valence-electron chi connectivity index (χ1n) is 15.6. The lowest BCUT2D eigenvalue weighted by atomic mass is 9.85. The zero-order valence-electron chi connectivity index (χ0n) is 28.1. The van der Waals surface area contributed by atoms with Crippen LogP contribution in [0.1, 0.15) is 38.4 Å². The molecule has 1 fully saturated rings. The van der Waals surface area contributed by atoms with Gasteiger partial charge in [-0.15, -0.1) is 36.2 Å². The van der Waals surface area contributed by atoms with Gasteiger partial charge in [0.2, 0.25) is 17.7 Å². The van der Waals surface area contributed by atoms with Gasteiger partial charge in [0, 0.05) is 26.1 Å². The second-order valence-corrected chi connectivity index (χ2v) is 13.0. The van der Waals surface area contributed by atoms with Crippen LogP contribution in [-0.2, 0) is 39.9 Å². The van der Waals surface area contributed by atoms with Crippen LogP contribution in [0.3, 0.4) is 0 Å². The molecule has 0 saturated carbocycles. The molecule has 0 radical (unpaired) electrons. The monoisotopic (exact) mass is 735 g/mol. The maximum Gasteiger partial charge on any atom is 0.246 e. The van der Waals surface area contributed by atoms with Crippen LogP contribution in [0, 0.1) is 12.3 Å². The van der Waals surface area contributed by atoms with Gasteiger partial charge in [-0.05, 0) is 23.5 Å². The van der Waals surface area contributed by atoms with Crippen molar-refractivity contribution in [3.63, 3.8) is 0 Å². The van der Waals surface area contributed by atoms with Gasteiger partial charge in [-0.3, -0.25) is 14.4 Å². The van der Waals surface area contributed by atoms with E-state index in [1.165, 1.54) is 4.90 Å². The number of hydrogen-bond acceptors (Lipinski definition) is 11. The Balaban J connectivity index is 0.00000576. The molecule has 48 heavy (non-hydrogen) atoms. The predicted molar refractivity (Wildman–Crippen MR) is 188 cm³/mol. The van der Waals surface area contributed by atoms with Crippen LogP contribution >= 0.6 is 36.2 Å².